The van der Waals surface area contributed by atoms with Crippen LogP contribution in [0.2, 0.25) is 0 Å². The third-order valence-corrected chi connectivity index (χ3v) is 3.75. The van der Waals surface area contributed by atoms with E-state index < -0.39 is 0 Å². The molecule has 1 aliphatic heterocycles. The zero-order valence-corrected chi connectivity index (χ0v) is 12.8. The van der Waals surface area contributed by atoms with E-state index in [1.807, 2.05) is 6.92 Å². The summed E-state index contributed by atoms with van der Waals surface area (Å²) >= 11 is 0. The molecule has 2 N–H and O–H groups in total. The summed E-state index contributed by atoms with van der Waals surface area (Å²) < 4.78 is 18.7. The lowest BCUT2D eigenvalue weighted by Crippen LogP contribution is -2.43. The Morgan fingerprint density at radius 2 is 2.19 bits per heavy atom. The van der Waals surface area contributed by atoms with Crippen molar-refractivity contribution in [1.82, 2.24) is 4.90 Å². The van der Waals surface area contributed by atoms with Crippen molar-refractivity contribution in [1.29, 1.82) is 0 Å². The second kappa shape index (κ2) is 7.29. The van der Waals surface area contributed by atoms with E-state index in [2.05, 4.69) is 16.8 Å². The number of likely N-dealkylation sites (tertiary alicyclic amines) is 1. The average molecular weight is 293 g/mol. The molecule has 1 heterocycles. The van der Waals surface area contributed by atoms with Crippen molar-refractivity contribution in [3.05, 3.63) is 30.1 Å². The molecule has 1 fully saturated rings. The molecule has 0 bridgehead atoms. The van der Waals surface area contributed by atoms with Gasteiger partial charge in [0.05, 0.1) is 6.54 Å². The molecule has 1 aromatic rings. The Labute approximate surface area is 125 Å². The first-order chi connectivity index (χ1) is 10.0. The van der Waals surface area contributed by atoms with Gasteiger partial charge in [0.25, 0.3) is 0 Å². The Bertz CT molecular complexity index is 484. The van der Waals surface area contributed by atoms with Crippen molar-refractivity contribution in [2.45, 2.75) is 32.8 Å². The Hall–Kier alpha value is -1.78. The van der Waals surface area contributed by atoms with Gasteiger partial charge >= 0.3 is 0 Å². The van der Waals surface area contributed by atoms with Gasteiger partial charge in [-0.2, -0.15) is 0 Å². The maximum absolute atomic E-state index is 13.1. The molecule has 116 valence electrons. The lowest BCUT2D eigenvalue weighted by molar-refractivity contribution is 0.227. The Morgan fingerprint density at radius 1 is 1.48 bits per heavy atom. The minimum Gasteiger partial charge on any atom is -0.489 e. The van der Waals surface area contributed by atoms with Gasteiger partial charge in [-0.15, -0.1) is 0 Å². The number of nitrogens with zero attached hydrogens (tertiary/aromatic N) is 2. The zero-order chi connectivity index (χ0) is 15.2. The molecule has 0 radical (unpaired) electrons. The van der Waals surface area contributed by atoms with Crippen LogP contribution in [0.4, 0.5) is 4.39 Å². The quantitative estimate of drug-likeness (QED) is 0.686. The molecule has 0 aromatic heterocycles. The van der Waals surface area contributed by atoms with Gasteiger partial charge in [-0.1, -0.05) is 13.0 Å². The highest BCUT2D eigenvalue weighted by molar-refractivity contribution is 5.78. The summed E-state index contributed by atoms with van der Waals surface area (Å²) in [7, 11) is 0. The fourth-order valence-electron chi connectivity index (χ4n) is 2.37. The van der Waals surface area contributed by atoms with Gasteiger partial charge in [0.15, 0.2) is 5.96 Å². The molecule has 1 aliphatic rings. The summed E-state index contributed by atoms with van der Waals surface area (Å²) in [4.78, 5) is 6.51. The van der Waals surface area contributed by atoms with Gasteiger partial charge < -0.3 is 15.4 Å². The number of hydrogen-bond donors (Lipinski definition) is 1. The molecular weight excluding hydrogens is 269 g/mol. The maximum atomic E-state index is 13.1. The highest BCUT2D eigenvalue weighted by Gasteiger charge is 2.17. The molecule has 2 rings (SSSR count). The fraction of sp³-hybridized carbons (Fsp3) is 0.562. The van der Waals surface area contributed by atoms with E-state index in [9.17, 15) is 4.39 Å². The van der Waals surface area contributed by atoms with Crippen molar-refractivity contribution in [2.24, 2.45) is 16.6 Å². The smallest absolute Gasteiger partial charge is 0.191 e. The van der Waals surface area contributed by atoms with Gasteiger partial charge in [-0.3, -0.25) is 0 Å². The Kier molecular flexibility index (Phi) is 5.42. The molecule has 0 amide bonds. The molecule has 1 unspecified atom stereocenters. The fourth-order valence-corrected chi connectivity index (χ4v) is 2.37. The second-order valence-corrected chi connectivity index (χ2v) is 5.75. The van der Waals surface area contributed by atoms with Crippen LogP contribution in [0.3, 0.4) is 0 Å². The summed E-state index contributed by atoms with van der Waals surface area (Å²) in [6, 6.07) is 6.13. The standard InChI is InChI=1S/C16H24FN3O/c1-12-6-8-20(9-7-12)16(18)19-11-13(2)21-15-5-3-4-14(17)10-15/h3-5,10,12-13H,6-9,11H2,1-2H3,(H2,18,19). The van der Waals surface area contributed by atoms with Crippen LogP contribution in [0.1, 0.15) is 26.7 Å². The van der Waals surface area contributed by atoms with Crippen molar-refractivity contribution >= 4 is 5.96 Å². The molecule has 0 aliphatic carbocycles. The van der Waals surface area contributed by atoms with Crippen molar-refractivity contribution in [3.63, 3.8) is 0 Å². The van der Waals surface area contributed by atoms with Crippen LogP contribution in [0.5, 0.6) is 5.75 Å². The number of aliphatic imine (C=N–C) groups is 1. The lowest BCUT2D eigenvalue weighted by atomic mass is 10.00. The van der Waals surface area contributed by atoms with E-state index in [0.717, 1.165) is 31.8 Å². The SMILES string of the molecule is CC1CCN(C(N)=NCC(C)Oc2cccc(F)c2)CC1. The molecule has 5 heteroatoms. The van der Waals surface area contributed by atoms with E-state index in [4.69, 9.17) is 10.5 Å². The number of benzene rings is 1. The Balaban J connectivity index is 1.82. The summed E-state index contributed by atoms with van der Waals surface area (Å²) in [6.07, 6.45) is 2.17. The predicted molar refractivity (Wildman–Crippen MR) is 83.0 cm³/mol. The van der Waals surface area contributed by atoms with E-state index in [1.54, 1.807) is 12.1 Å². The monoisotopic (exact) mass is 293 g/mol. The zero-order valence-electron chi connectivity index (χ0n) is 12.8. The van der Waals surface area contributed by atoms with Crippen LogP contribution < -0.4 is 10.5 Å². The highest BCUT2D eigenvalue weighted by Crippen LogP contribution is 2.16. The van der Waals surface area contributed by atoms with Crippen LogP contribution in [0, 0.1) is 11.7 Å². The number of piperidine rings is 1. The van der Waals surface area contributed by atoms with Gasteiger partial charge in [0.1, 0.15) is 17.7 Å². The van der Waals surface area contributed by atoms with Gasteiger partial charge in [0.2, 0.25) is 0 Å². The van der Waals surface area contributed by atoms with Crippen LogP contribution in [0.15, 0.2) is 29.3 Å². The minimum absolute atomic E-state index is 0.144. The molecule has 0 spiro atoms. The first-order valence-corrected chi connectivity index (χ1v) is 7.51. The number of hydrogen-bond acceptors (Lipinski definition) is 2. The summed E-state index contributed by atoms with van der Waals surface area (Å²) in [5.41, 5.74) is 6.02. The third kappa shape index (κ3) is 4.92. The summed E-state index contributed by atoms with van der Waals surface area (Å²) in [5.74, 6) is 1.56. The average Bonchev–Trinajstić information content (AvgIpc) is 2.45. The molecule has 21 heavy (non-hydrogen) atoms. The topological polar surface area (TPSA) is 50.8 Å². The van der Waals surface area contributed by atoms with E-state index in [1.165, 1.54) is 12.1 Å². The van der Waals surface area contributed by atoms with Crippen molar-refractivity contribution in [2.75, 3.05) is 19.6 Å². The van der Waals surface area contributed by atoms with E-state index >= 15 is 0 Å². The molecule has 1 saturated heterocycles. The predicted octanol–water partition coefficient (Wildman–Crippen LogP) is 2.64. The highest BCUT2D eigenvalue weighted by atomic mass is 19.1. The summed E-state index contributed by atoms with van der Waals surface area (Å²) in [5, 5.41) is 0. The number of halogens is 1. The van der Waals surface area contributed by atoms with Crippen LogP contribution in [-0.4, -0.2) is 36.6 Å². The summed E-state index contributed by atoms with van der Waals surface area (Å²) in [6.45, 7) is 6.57. The first-order valence-electron chi connectivity index (χ1n) is 7.51. The number of nitrogens with two attached hydrogens (primary N) is 1. The molecule has 0 saturated carbocycles. The van der Waals surface area contributed by atoms with Gasteiger partial charge in [-0.05, 0) is 37.8 Å². The van der Waals surface area contributed by atoms with Gasteiger partial charge in [-0.25, -0.2) is 9.38 Å². The van der Waals surface area contributed by atoms with Crippen LogP contribution >= 0.6 is 0 Å². The first kappa shape index (κ1) is 15.6. The van der Waals surface area contributed by atoms with E-state index in [0.29, 0.717) is 18.3 Å². The largest absolute Gasteiger partial charge is 0.489 e. The van der Waals surface area contributed by atoms with Crippen LogP contribution in [0.25, 0.3) is 0 Å². The number of guanidine groups is 1. The molecule has 1 aromatic carbocycles. The molecule has 1 atom stereocenters. The number of rotatable bonds is 4. The number of ether oxygens (including phenoxy) is 1. The normalized spacial score (nSPS) is 18.6. The Morgan fingerprint density at radius 3 is 2.86 bits per heavy atom. The maximum Gasteiger partial charge on any atom is 0.191 e. The van der Waals surface area contributed by atoms with E-state index in [-0.39, 0.29) is 11.9 Å². The second-order valence-electron chi connectivity index (χ2n) is 5.75. The van der Waals surface area contributed by atoms with Crippen LogP contribution in [-0.2, 0) is 0 Å². The molecular formula is C16H24FN3O. The molecule has 4 nitrogen and oxygen atoms in total. The lowest BCUT2D eigenvalue weighted by Gasteiger charge is -2.31. The minimum atomic E-state index is -0.301. The van der Waals surface area contributed by atoms with Crippen molar-refractivity contribution < 1.29 is 9.13 Å². The van der Waals surface area contributed by atoms with Crippen molar-refractivity contribution in [3.8, 4) is 5.75 Å². The van der Waals surface area contributed by atoms with Gasteiger partial charge in [0, 0.05) is 19.2 Å². The third-order valence-electron chi connectivity index (χ3n) is 3.75.